The largest absolute Gasteiger partial charge is 0.463 e. The lowest BCUT2D eigenvalue weighted by molar-refractivity contribution is -0.139. The van der Waals surface area contributed by atoms with Gasteiger partial charge in [0.1, 0.15) is 0 Å². The van der Waals surface area contributed by atoms with E-state index >= 15 is 0 Å². The summed E-state index contributed by atoms with van der Waals surface area (Å²) in [5, 5.41) is 0.891. The van der Waals surface area contributed by atoms with Crippen LogP contribution in [0.15, 0.2) is 69.6 Å². The molecule has 2 aromatic carbocycles. The minimum atomic E-state index is -0.639. The molecule has 1 aromatic heterocycles. The molecule has 0 spiro atoms. The van der Waals surface area contributed by atoms with Crippen LogP contribution in [0.3, 0.4) is 0 Å². The summed E-state index contributed by atoms with van der Waals surface area (Å²) in [5.41, 5.74) is 1.96. The lowest BCUT2D eigenvalue weighted by Crippen LogP contribution is -2.39. The molecule has 1 atom stereocenters. The van der Waals surface area contributed by atoms with E-state index in [-0.39, 0.29) is 12.2 Å². The normalized spacial score (nSPS) is 16.1. The van der Waals surface area contributed by atoms with Crippen LogP contribution in [-0.2, 0) is 9.53 Å². The van der Waals surface area contributed by atoms with Crippen LogP contribution < -0.4 is 14.9 Å². The molecule has 0 radical (unpaired) electrons. The number of halogens is 2. The highest BCUT2D eigenvalue weighted by molar-refractivity contribution is 7.07. The van der Waals surface area contributed by atoms with Gasteiger partial charge in [0.05, 0.1) is 28.5 Å². The number of carbonyl (C=O) groups is 1. The van der Waals surface area contributed by atoms with Crippen LogP contribution in [0.1, 0.15) is 31.0 Å². The first-order valence-corrected chi connectivity index (χ1v) is 11.2. The van der Waals surface area contributed by atoms with Gasteiger partial charge in [0.25, 0.3) is 5.56 Å². The Kier molecular flexibility index (Phi) is 6.14. The van der Waals surface area contributed by atoms with Crippen molar-refractivity contribution in [2.45, 2.75) is 19.9 Å². The Morgan fingerprint density at radius 1 is 1.16 bits per heavy atom. The molecule has 0 amide bonds. The van der Waals surface area contributed by atoms with Crippen LogP contribution in [0.4, 0.5) is 0 Å². The Bertz CT molecular complexity index is 1350. The van der Waals surface area contributed by atoms with Crippen LogP contribution in [0.5, 0.6) is 0 Å². The molecule has 5 nitrogen and oxygen atoms in total. The highest BCUT2D eigenvalue weighted by Crippen LogP contribution is 2.30. The quantitative estimate of drug-likeness (QED) is 0.536. The summed E-state index contributed by atoms with van der Waals surface area (Å²) in [6.07, 6.45) is 1.67. The molecule has 0 N–H and O–H groups in total. The van der Waals surface area contributed by atoms with E-state index in [1.165, 1.54) is 15.9 Å². The minimum Gasteiger partial charge on any atom is -0.463 e. The molecule has 4 rings (SSSR count). The number of rotatable bonds is 4. The van der Waals surface area contributed by atoms with E-state index in [0.717, 1.165) is 5.56 Å². The molecule has 8 heteroatoms. The summed E-state index contributed by atoms with van der Waals surface area (Å²) in [6.45, 7) is 3.73. The molecule has 1 unspecified atom stereocenters. The van der Waals surface area contributed by atoms with Crippen molar-refractivity contribution in [3.8, 4) is 0 Å². The van der Waals surface area contributed by atoms with Gasteiger partial charge in [0.15, 0.2) is 4.80 Å². The molecule has 1 aliphatic rings. The fourth-order valence-electron chi connectivity index (χ4n) is 3.52. The molecule has 3 aromatic rings. The van der Waals surface area contributed by atoms with Crippen molar-refractivity contribution < 1.29 is 9.53 Å². The van der Waals surface area contributed by atoms with Gasteiger partial charge in [-0.15, -0.1) is 0 Å². The molecule has 0 saturated carbocycles. The molecule has 0 saturated heterocycles. The number of hydrogen-bond acceptors (Lipinski definition) is 5. The first-order valence-electron chi connectivity index (χ1n) is 9.61. The van der Waals surface area contributed by atoms with Crippen LogP contribution in [0, 0.1) is 0 Å². The molecular formula is C23H18Cl2N2O3S. The average molecular weight is 473 g/mol. The number of aromatic nitrogens is 1. The van der Waals surface area contributed by atoms with Gasteiger partial charge in [-0.25, -0.2) is 9.79 Å². The van der Waals surface area contributed by atoms with Gasteiger partial charge < -0.3 is 4.74 Å². The fraction of sp³-hybridized carbons (Fsp3) is 0.174. The van der Waals surface area contributed by atoms with Crippen LogP contribution in [0.25, 0.3) is 6.08 Å². The van der Waals surface area contributed by atoms with Crippen LogP contribution in [0.2, 0.25) is 10.0 Å². The van der Waals surface area contributed by atoms with Gasteiger partial charge in [-0.05, 0) is 37.6 Å². The maximum atomic E-state index is 13.5. The maximum absolute atomic E-state index is 13.5. The summed E-state index contributed by atoms with van der Waals surface area (Å²) in [4.78, 5) is 31.3. The SMILES string of the molecule is CCOC(=O)C1=C(C)N=c2s/c(=C/c3c(Cl)cccc3Cl)c(=O)n2C1c1ccccc1. The van der Waals surface area contributed by atoms with Crippen molar-refractivity contribution in [3.63, 3.8) is 0 Å². The summed E-state index contributed by atoms with van der Waals surface area (Å²) < 4.78 is 7.24. The van der Waals surface area contributed by atoms with E-state index in [0.29, 0.717) is 36.2 Å². The zero-order chi connectivity index (χ0) is 22.1. The summed E-state index contributed by atoms with van der Waals surface area (Å²) in [7, 11) is 0. The van der Waals surface area contributed by atoms with Gasteiger partial charge in [-0.1, -0.05) is 70.9 Å². The third-order valence-electron chi connectivity index (χ3n) is 4.91. The lowest BCUT2D eigenvalue weighted by atomic mass is 9.96. The average Bonchev–Trinajstić information content (AvgIpc) is 3.05. The minimum absolute atomic E-state index is 0.229. The number of benzene rings is 2. The fourth-order valence-corrected chi connectivity index (χ4v) is 5.06. The highest BCUT2D eigenvalue weighted by Gasteiger charge is 2.33. The first-order chi connectivity index (χ1) is 14.9. The van der Waals surface area contributed by atoms with Gasteiger partial charge in [-0.2, -0.15) is 0 Å². The predicted octanol–water partition coefficient (Wildman–Crippen LogP) is 4.11. The van der Waals surface area contributed by atoms with E-state index in [2.05, 4.69) is 4.99 Å². The number of allylic oxidation sites excluding steroid dienone is 1. The van der Waals surface area contributed by atoms with E-state index in [1.807, 2.05) is 30.3 Å². The number of thiazole rings is 1. The van der Waals surface area contributed by atoms with Gasteiger partial charge in [0.2, 0.25) is 0 Å². The maximum Gasteiger partial charge on any atom is 0.338 e. The standard InChI is InChI=1S/C23H18Cl2N2O3S/c1-3-30-22(29)19-13(2)26-23-27(20(19)14-8-5-4-6-9-14)21(28)18(31-23)12-15-16(24)10-7-11-17(15)25/h4-12,20H,3H2,1-2H3/b18-12+. The Labute approximate surface area is 192 Å². The topological polar surface area (TPSA) is 60.7 Å². The number of hydrogen-bond donors (Lipinski definition) is 0. The van der Waals surface area contributed by atoms with Gasteiger partial charge in [-0.3, -0.25) is 9.36 Å². The second-order valence-electron chi connectivity index (χ2n) is 6.85. The molecule has 0 aliphatic carbocycles. The number of ether oxygens (including phenoxy) is 1. The number of carbonyl (C=O) groups excluding carboxylic acids is 1. The lowest BCUT2D eigenvalue weighted by Gasteiger charge is -2.24. The molecule has 1 aliphatic heterocycles. The van der Waals surface area contributed by atoms with Crippen molar-refractivity contribution in [1.29, 1.82) is 0 Å². The zero-order valence-corrected chi connectivity index (χ0v) is 19.1. The van der Waals surface area contributed by atoms with Crippen molar-refractivity contribution in [2.75, 3.05) is 6.61 Å². The van der Waals surface area contributed by atoms with Crippen molar-refractivity contribution in [3.05, 3.63) is 101 Å². The van der Waals surface area contributed by atoms with Crippen molar-refractivity contribution >= 4 is 46.6 Å². The molecule has 0 fully saturated rings. The van der Waals surface area contributed by atoms with E-state index in [1.54, 1.807) is 38.1 Å². The first kappa shape index (κ1) is 21.6. The molecule has 31 heavy (non-hydrogen) atoms. The van der Waals surface area contributed by atoms with Gasteiger partial charge >= 0.3 is 5.97 Å². The second-order valence-corrected chi connectivity index (χ2v) is 8.67. The summed E-state index contributed by atoms with van der Waals surface area (Å²) in [5.74, 6) is -0.485. The Hall–Kier alpha value is -2.67. The second kappa shape index (κ2) is 8.83. The Balaban J connectivity index is 1.99. The molecular weight excluding hydrogens is 455 g/mol. The molecule has 158 valence electrons. The number of fused-ring (bicyclic) bond motifs is 1. The third kappa shape index (κ3) is 3.99. The van der Waals surface area contributed by atoms with E-state index in [4.69, 9.17) is 27.9 Å². The Morgan fingerprint density at radius 2 is 1.84 bits per heavy atom. The van der Waals surface area contributed by atoms with Crippen LogP contribution in [-0.4, -0.2) is 17.1 Å². The molecule has 2 heterocycles. The third-order valence-corrected chi connectivity index (χ3v) is 6.55. The zero-order valence-electron chi connectivity index (χ0n) is 16.8. The number of nitrogens with zero attached hydrogens (tertiary/aromatic N) is 2. The molecule has 0 bridgehead atoms. The smallest absolute Gasteiger partial charge is 0.338 e. The summed E-state index contributed by atoms with van der Waals surface area (Å²) in [6, 6.07) is 13.9. The van der Waals surface area contributed by atoms with Crippen molar-refractivity contribution in [2.24, 2.45) is 4.99 Å². The summed E-state index contributed by atoms with van der Waals surface area (Å²) >= 11 is 13.8. The van der Waals surface area contributed by atoms with Crippen molar-refractivity contribution in [1.82, 2.24) is 4.57 Å². The van der Waals surface area contributed by atoms with Crippen LogP contribution >= 0.6 is 34.5 Å². The predicted molar refractivity (Wildman–Crippen MR) is 123 cm³/mol. The van der Waals surface area contributed by atoms with Gasteiger partial charge in [0, 0.05) is 15.6 Å². The highest BCUT2D eigenvalue weighted by atomic mass is 35.5. The monoisotopic (exact) mass is 472 g/mol. The van der Waals surface area contributed by atoms with E-state index in [9.17, 15) is 9.59 Å². The Morgan fingerprint density at radius 3 is 2.48 bits per heavy atom. The van der Waals surface area contributed by atoms with E-state index < -0.39 is 12.0 Å². The number of esters is 1.